The lowest BCUT2D eigenvalue weighted by Gasteiger charge is -1.96. The average Bonchev–Trinajstić information content (AvgIpc) is 3.07. The zero-order valence-corrected chi connectivity index (χ0v) is 13.8. The molecule has 5 heteroatoms. The van der Waals surface area contributed by atoms with Gasteiger partial charge in [-0.1, -0.05) is 54.1 Å². The van der Waals surface area contributed by atoms with Crippen LogP contribution in [0.15, 0.2) is 76.2 Å². The Morgan fingerprint density at radius 2 is 1.88 bits per heavy atom. The van der Waals surface area contributed by atoms with Crippen LogP contribution in [0, 0.1) is 0 Å². The molecule has 4 nitrogen and oxygen atoms in total. The summed E-state index contributed by atoms with van der Waals surface area (Å²) in [5.74, 6) is -0.187. The smallest absolute Gasteiger partial charge is 0.307 e. The van der Waals surface area contributed by atoms with Crippen LogP contribution in [-0.2, 0) is 0 Å². The SMILES string of the molecule is O=C(N/N=C\c1cccc(Cl)c1)c1cc2c(ccc3ccccc32)o1. The topological polar surface area (TPSA) is 54.6 Å². The molecule has 0 saturated carbocycles. The number of hydrogen-bond acceptors (Lipinski definition) is 3. The molecule has 1 aromatic heterocycles. The van der Waals surface area contributed by atoms with Crippen molar-refractivity contribution in [3.63, 3.8) is 0 Å². The number of hydrazone groups is 1. The van der Waals surface area contributed by atoms with Crippen LogP contribution in [0.3, 0.4) is 0 Å². The van der Waals surface area contributed by atoms with Gasteiger partial charge in [-0.05, 0) is 40.6 Å². The molecule has 1 amide bonds. The molecule has 122 valence electrons. The first kappa shape index (κ1) is 15.4. The number of fused-ring (bicyclic) bond motifs is 3. The molecule has 0 radical (unpaired) electrons. The van der Waals surface area contributed by atoms with E-state index in [0.29, 0.717) is 10.6 Å². The van der Waals surface area contributed by atoms with Crippen LogP contribution in [-0.4, -0.2) is 12.1 Å². The van der Waals surface area contributed by atoms with Crippen molar-refractivity contribution in [1.82, 2.24) is 5.43 Å². The summed E-state index contributed by atoms with van der Waals surface area (Å²) >= 11 is 5.91. The summed E-state index contributed by atoms with van der Waals surface area (Å²) in [6.45, 7) is 0. The van der Waals surface area contributed by atoms with Gasteiger partial charge in [-0.2, -0.15) is 5.10 Å². The third kappa shape index (κ3) is 3.12. The van der Waals surface area contributed by atoms with Gasteiger partial charge in [-0.3, -0.25) is 4.79 Å². The van der Waals surface area contributed by atoms with Gasteiger partial charge >= 0.3 is 5.91 Å². The molecule has 0 saturated heterocycles. The first-order valence-electron chi connectivity index (χ1n) is 7.71. The second-order valence-corrected chi connectivity index (χ2v) is 6.00. The fraction of sp³-hybridized carbons (Fsp3) is 0. The van der Waals surface area contributed by atoms with Gasteiger partial charge in [0.05, 0.1) is 6.21 Å². The summed E-state index contributed by atoms with van der Waals surface area (Å²) in [5, 5.41) is 7.61. The van der Waals surface area contributed by atoms with E-state index in [2.05, 4.69) is 10.5 Å². The first-order valence-corrected chi connectivity index (χ1v) is 8.09. The van der Waals surface area contributed by atoms with E-state index in [4.69, 9.17) is 16.0 Å². The molecule has 3 aromatic carbocycles. The van der Waals surface area contributed by atoms with Crippen molar-refractivity contribution >= 4 is 45.5 Å². The predicted molar refractivity (Wildman–Crippen MR) is 100 cm³/mol. The molecule has 0 spiro atoms. The van der Waals surface area contributed by atoms with Crippen molar-refractivity contribution in [2.75, 3.05) is 0 Å². The Morgan fingerprint density at radius 3 is 2.76 bits per heavy atom. The van der Waals surface area contributed by atoms with Crippen LogP contribution in [0.25, 0.3) is 21.7 Å². The van der Waals surface area contributed by atoms with E-state index >= 15 is 0 Å². The van der Waals surface area contributed by atoms with Gasteiger partial charge in [0, 0.05) is 10.4 Å². The minimum Gasteiger partial charge on any atom is -0.451 e. The number of rotatable bonds is 3. The van der Waals surface area contributed by atoms with Gasteiger partial charge in [0.1, 0.15) is 5.58 Å². The van der Waals surface area contributed by atoms with Gasteiger partial charge in [0.15, 0.2) is 5.76 Å². The van der Waals surface area contributed by atoms with Gasteiger partial charge in [0.2, 0.25) is 0 Å². The van der Waals surface area contributed by atoms with E-state index in [1.54, 1.807) is 18.2 Å². The Kier molecular flexibility index (Phi) is 3.96. The lowest BCUT2D eigenvalue weighted by atomic mass is 10.1. The molecule has 25 heavy (non-hydrogen) atoms. The molecule has 0 atom stereocenters. The molecular formula is C20H13ClN2O2. The number of nitrogens with one attached hydrogen (secondary N) is 1. The highest BCUT2D eigenvalue weighted by Crippen LogP contribution is 2.28. The van der Waals surface area contributed by atoms with E-state index < -0.39 is 5.91 Å². The summed E-state index contributed by atoms with van der Waals surface area (Å²) in [4.78, 5) is 12.3. The molecule has 0 aliphatic rings. The zero-order chi connectivity index (χ0) is 17.2. The Bertz CT molecular complexity index is 1120. The number of benzene rings is 3. The molecule has 0 fully saturated rings. The second-order valence-electron chi connectivity index (χ2n) is 5.56. The maximum Gasteiger partial charge on any atom is 0.307 e. The van der Waals surface area contributed by atoms with E-state index in [9.17, 15) is 4.79 Å². The van der Waals surface area contributed by atoms with Crippen LogP contribution in [0.4, 0.5) is 0 Å². The minimum absolute atomic E-state index is 0.217. The minimum atomic E-state index is -0.404. The van der Waals surface area contributed by atoms with Crippen molar-refractivity contribution in [3.8, 4) is 0 Å². The van der Waals surface area contributed by atoms with Crippen LogP contribution >= 0.6 is 11.6 Å². The monoisotopic (exact) mass is 348 g/mol. The van der Waals surface area contributed by atoms with Crippen LogP contribution < -0.4 is 5.43 Å². The number of hydrogen-bond donors (Lipinski definition) is 1. The van der Waals surface area contributed by atoms with Crippen LogP contribution in [0.5, 0.6) is 0 Å². The summed E-state index contributed by atoms with van der Waals surface area (Å²) in [6.07, 6.45) is 1.53. The fourth-order valence-corrected chi connectivity index (χ4v) is 2.91. The molecule has 4 rings (SSSR count). The number of furan rings is 1. The summed E-state index contributed by atoms with van der Waals surface area (Å²) < 4.78 is 5.65. The van der Waals surface area contributed by atoms with E-state index in [1.807, 2.05) is 48.5 Å². The first-order chi connectivity index (χ1) is 12.2. The van der Waals surface area contributed by atoms with Crippen molar-refractivity contribution in [2.24, 2.45) is 5.10 Å². The van der Waals surface area contributed by atoms with Crippen LogP contribution in [0.2, 0.25) is 5.02 Å². The van der Waals surface area contributed by atoms with Crippen molar-refractivity contribution in [2.45, 2.75) is 0 Å². The largest absolute Gasteiger partial charge is 0.451 e. The highest BCUT2D eigenvalue weighted by atomic mass is 35.5. The van der Waals surface area contributed by atoms with Gasteiger partial charge in [-0.25, -0.2) is 5.43 Å². The Balaban J connectivity index is 1.59. The molecule has 0 bridgehead atoms. The number of carbonyl (C=O) groups excluding carboxylic acids is 1. The number of carbonyl (C=O) groups is 1. The molecule has 0 aliphatic heterocycles. The zero-order valence-electron chi connectivity index (χ0n) is 13.1. The summed E-state index contributed by atoms with van der Waals surface area (Å²) in [6, 6.07) is 20.7. The molecule has 1 heterocycles. The molecule has 0 aliphatic carbocycles. The summed E-state index contributed by atoms with van der Waals surface area (Å²) in [5.41, 5.74) is 3.93. The third-order valence-electron chi connectivity index (χ3n) is 3.88. The number of amides is 1. The van der Waals surface area contributed by atoms with Crippen molar-refractivity contribution < 1.29 is 9.21 Å². The standard InChI is InChI=1S/C20H13ClN2O2/c21-15-6-3-4-13(10-15)12-22-23-20(24)19-11-17-16-7-2-1-5-14(16)8-9-18(17)25-19/h1-12H,(H,23,24)/b22-12-. The maximum atomic E-state index is 12.3. The van der Waals surface area contributed by atoms with Gasteiger partial charge in [0.25, 0.3) is 0 Å². The maximum absolute atomic E-state index is 12.3. The average molecular weight is 349 g/mol. The Morgan fingerprint density at radius 1 is 1.00 bits per heavy atom. The Labute approximate surface area is 148 Å². The molecule has 1 N–H and O–H groups in total. The normalized spacial score (nSPS) is 11.4. The lowest BCUT2D eigenvalue weighted by Crippen LogP contribution is -2.16. The van der Waals surface area contributed by atoms with Crippen molar-refractivity contribution in [3.05, 3.63) is 83.1 Å². The Hall–Kier alpha value is -3.11. The molecule has 0 unspecified atom stereocenters. The molecule has 4 aromatic rings. The lowest BCUT2D eigenvalue weighted by molar-refractivity contribution is 0.0929. The number of halogens is 1. The number of nitrogens with zero attached hydrogens (tertiary/aromatic N) is 1. The van der Waals surface area contributed by atoms with Gasteiger partial charge < -0.3 is 4.42 Å². The predicted octanol–water partition coefficient (Wildman–Crippen LogP) is 5.00. The highest BCUT2D eigenvalue weighted by molar-refractivity contribution is 6.30. The highest BCUT2D eigenvalue weighted by Gasteiger charge is 2.13. The van der Waals surface area contributed by atoms with E-state index in [0.717, 1.165) is 21.7 Å². The quantitative estimate of drug-likeness (QED) is 0.418. The second kappa shape index (κ2) is 6.42. The van der Waals surface area contributed by atoms with Gasteiger partial charge in [-0.15, -0.1) is 0 Å². The third-order valence-corrected chi connectivity index (χ3v) is 4.11. The summed E-state index contributed by atoms with van der Waals surface area (Å²) in [7, 11) is 0. The van der Waals surface area contributed by atoms with E-state index in [-0.39, 0.29) is 5.76 Å². The van der Waals surface area contributed by atoms with Crippen molar-refractivity contribution in [1.29, 1.82) is 0 Å². The molecular weight excluding hydrogens is 336 g/mol. The van der Waals surface area contributed by atoms with E-state index in [1.165, 1.54) is 6.21 Å². The van der Waals surface area contributed by atoms with Crippen LogP contribution in [0.1, 0.15) is 16.1 Å². The fourth-order valence-electron chi connectivity index (χ4n) is 2.71.